The number of halogens is 3. The maximum Gasteiger partial charge on any atom is 0.416 e. The molecule has 1 fully saturated rings. The van der Waals surface area contributed by atoms with Gasteiger partial charge >= 0.3 is 6.18 Å². The highest BCUT2D eigenvalue weighted by Crippen LogP contribution is 2.34. The van der Waals surface area contributed by atoms with Crippen molar-refractivity contribution in [2.75, 3.05) is 26.2 Å². The molecule has 7 nitrogen and oxygen atoms in total. The lowest BCUT2D eigenvalue weighted by atomic mass is 9.97. The quantitative estimate of drug-likeness (QED) is 0.262. The molecule has 0 amide bonds. The van der Waals surface area contributed by atoms with E-state index in [1.807, 2.05) is 0 Å². The molecule has 0 N–H and O–H groups in total. The fourth-order valence-electron chi connectivity index (χ4n) is 4.83. The van der Waals surface area contributed by atoms with Gasteiger partial charge in [-0.2, -0.15) is 13.2 Å². The van der Waals surface area contributed by atoms with Crippen molar-refractivity contribution in [3.63, 3.8) is 0 Å². The molecule has 0 aliphatic carbocycles. The minimum atomic E-state index is -4.51. The predicted octanol–water partition coefficient (Wildman–Crippen LogP) is 4.49. The molecular formula is C30H29F3N6O. The molecule has 0 bridgehead atoms. The number of aromatic nitrogens is 4. The predicted molar refractivity (Wildman–Crippen MR) is 145 cm³/mol. The van der Waals surface area contributed by atoms with Gasteiger partial charge < -0.3 is 0 Å². The fourth-order valence-corrected chi connectivity index (χ4v) is 4.83. The van der Waals surface area contributed by atoms with E-state index in [0.717, 1.165) is 32.2 Å². The molecule has 4 aromatic rings. The van der Waals surface area contributed by atoms with Crippen molar-refractivity contribution in [1.82, 2.24) is 29.2 Å². The number of benzene rings is 1. The number of fused-ring (bicyclic) bond motifs is 1. The standard InChI is InChI=1S/C30H29F3N6O/c1-21(2)38-11-9-37(10-12-38)20-24-5-3-22(14-27(24)30(31,32)33)15-28(40)25-13-23(16-35-17-25)4-6-26-18-36-29-19-34-7-8-39(26)29/h3,5,7-8,13-14,16-19,21H,9-12,15,20H2,1-2H3. The van der Waals surface area contributed by atoms with Gasteiger partial charge in [0, 0.05) is 81.1 Å². The topological polar surface area (TPSA) is 66.6 Å². The Morgan fingerprint density at radius 2 is 1.80 bits per heavy atom. The Hall–Kier alpha value is -4.07. The van der Waals surface area contributed by atoms with Gasteiger partial charge in [0.2, 0.25) is 0 Å². The summed E-state index contributed by atoms with van der Waals surface area (Å²) in [6.45, 7) is 7.57. The number of carbonyl (C=O) groups excluding carboxylic acids is 1. The number of imidazole rings is 1. The Balaban J connectivity index is 1.30. The van der Waals surface area contributed by atoms with Crippen LogP contribution in [0.2, 0.25) is 0 Å². The molecule has 1 aliphatic heterocycles. The molecule has 0 radical (unpaired) electrons. The highest BCUT2D eigenvalue weighted by Gasteiger charge is 2.34. The van der Waals surface area contributed by atoms with Crippen molar-refractivity contribution in [3.8, 4) is 11.8 Å². The summed E-state index contributed by atoms with van der Waals surface area (Å²) in [6.07, 6.45) is 4.88. The summed E-state index contributed by atoms with van der Waals surface area (Å²) in [5, 5.41) is 0. The lowest BCUT2D eigenvalue weighted by Gasteiger charge is -2.37. The minimum Gasteiger partial charge on any atom is -0.298 e. The van der Waals surface area contributed by atoms with Crippen LogP contribution in [0.3, 0.4) is 0 Å². The molecule has 3 aromatic heterocycles. The number of rotatable bonds is 6. The zero-order chi connectivity index (χ0) is 28.3. The average Bonchev–Trinajstić information content (AvgIpc) is 3.36. The molecule has 0 atom stereocenters. The van der Waals surface area contributed by atoms with Crippen molar-refractivity contribution in [2.24, 2.45) is 0 Å². The maximum absolute atomic E-state index is 14.0. The maximum atomic E-state index is 14.0. The smallest absolute Gasteiger partial charge is 0.298 e. The van der Waals surface area contributed by atoms with E-state index in [1.54, 1.807) is 41.3 Å². The van der Waals surface area contributed by atoms with Gasteiger partial charge in [0.15, 0.2) is 11.4 Å². The summed E-state index contributed by atoms with van der Waals surface area (Å²) in [4.78, 5) is 29.8. The van der Waals surface area contributed by atoms with Crippen LogP contribution < -0.4 is 0 Å². The Labute approximate surface area is 230 Å². The van der Waals surface area contributed by atoms with Crippen LogP contribution in [0.1, 0.15) is 52.2 Å². The van der Waals surface area contributed by atoms with Crippen LogP contribution in [0.15, 0.2) is 61.4 Å². The van der Waals surface area contributed by atoms with Crippen LogP contribution in [-0.2, 0) is 19.1 Å². The molecule has 10 heteroatoms. The van der Waals surface area contributed by atoms with Crippen LogP contribution >= 0.6 is 0 Å². The van der Waals surface area contributed by atoms with E-state index in [9.17, 15) is 18.0 Å². The van der Waals surface area contributed by atoms with Gasteiger partial charge in [0.1, 0.15) is 5.69 Å². The van der Waals surface area contributed by atoms with Crippen molar-refractivity contribution in [1.29, 1.82) is 0 Å². The Morgan fingerprint density at radius 3 is 2.55 bits per heavy atom. The van der Waals surface area contributed by atoms with Gasteiger partial charge in [0.25, 0.3) is 0 Å². The average molecular weight is 547 g/mol. The number of carbonyl (C=O) groups is 1. The lowest BCUT2D eigenvalue weighted by Crippen LogP contribution is -2.48. The van der Waals surface area contributed by atoms with E-state index < -0.39 is 11.7 Å². The van der Waals surface area contributed by atoms with Gasteiger partial charge in [-0.1, -0.05) is 18.1 Å². The number of alkyl halides is 3. The first kappa shape index (κ1) is 27.5. The first-order chi connectivity index (χ1) is 19.2. The molecule has 0 spiro atoms. The summed E-state index contributed by atoms with van der Waals surface area (Å²) in [5.41, 5.74) is 1.95. The first-order valence-corrected chi connectivity index (χ1v) is 13.1. The Bertz CT molecular complexity index is 1580. The van der Waals surface area contributed by atoms with Crippen LogP contribution in [-0.4, -0.2) is 67.2 Å². The van der Waals surface area contributed by atoms with Crippen LogP contribution in [0.4, 0.5) is 13.2 Å². The molecule has 5 rings (SSSR count). The van der Waals surface area contributed by atoms with Crippen LogP contribution in [0, 0.1) is 11.8 Å². The number of hydrogen-bond acceptors (Lipinski definition) is 6. The first-order valence-electron chi connectivity index (χ1n) is 13.1. The molecule has 1 aromatic carbocycles. The van der Waals surface area contributed by atoms with Crippen LogP contribution in [0.5, 0.6) is 0 Å². The normalized spacial score (nSPS) is 14.8. The summed E-state index contributed by atoms with van der Waals surface area (Å²) in [6, 6.07) is 6.24. The molecular weight excluding hydrogens is 517 g/mol. The molecule has 40 heavy (non-hydrogen) atoms. The van der Waals surface area contributed by atoms with E-state index in [2.05, 4.69) is 50.4 Å². The molecule has 4 heterocycles. The number of hydrogen-bond donors (Lipinski definition) is 0. The van der Waals surface area contributed by atoms with Crippen molar-refractivity contribution < 1.29 is 18.0 Å². The van der Waals surface area contributed by atoms with E-state index in [1.165, 1.54) is 18.5 Å². The third kappa shape index (κ3) is 6.38. The highest BCUT2D eigenvalue weighted by molar-refractivity contribution is 5.97. The molecule has 0 unspecified atom stereocenters. The van der Waals surface area contributed by atoms with E-state index in [0.29, 0.717) is 28.5 Å². The zero-order valence-electron chi connectivity index (χ0n) is 22.3. The molecule has 1 saturated heterocycles. The van der Waals surface area contributed by atoms with Gasteiger partial charge in [-0.05, 0) is 43.0 Å². The van der Waals surface area contributed by atoms with E-state index >= 15 is 0 Å². The Kier molecular flexibility index (Phi) is 7.96. The number of pyridine rings is 1. The highest BCUT2D eigenvalue weighted by atomic mass is 19.4. The zero-order valence-corrected chi connectivity index (χ0v) is 22.3. The summed E-state index contributed by atoms with van der Waals surface area (Å²) < 4.78 is 43.8. The number of ketones is 1. The van der Waals surface area contributed by atoms with Crippen LogP contribution in [0.25, 0.3) is 5.65 Å². The second-order valence-electron chi connectivity index (χ2n) is 10.2. The van der Waals surface area contributed by atoms with Gasteiger partial charge in [0.05, 0.1) is 18.0 Å². The second kappa shape index (κ2) is 11.6. The summed E-state index contributed by atoms with van der Waals surface area (Å²) >= 11 is 0. The number of nitrogens with zero attached hydrogens (tertiary/aromatic N) is 6. The monoisotopic (exact) mass is 546 g/mol. The SMILES string of the molecule is CC(C)N1CCN(Cc2ccc(CC(=O)c3cncc(C#Cc4cnc5cnccn45)c3)cc2C(F)(F)F)CC1. The van der Waals surface area contributed by atoms with Gasteiger partial charge in [-0.3, -0.25) is 29.0 Å². The van der Waals surface area contributed by atoms with Gasteiger partial charge in [-0.25, -0.2) is 4.98 Å². The fraction of sp³-hybridized carbons (Fsp3) is 0.333. The molecule has 1 aliphatic rings. The van der Waals surface area contributed by atoms with Crippen molar-refractivity contribution >= 4 is 11.4 Å². The Morgan fingerprint density at radius 1 is 1.00 bits per heavy atom. The van der Waals surface area contributed by atoms with E-state index in [-0.39, 0.29) is 29.9 Å². The molecule has 206 valence electrons. The number of Topliss-reactive ketones (excluding diaryl/α,β-unsaturated/α-hetero) is 1. The molecule has 0 saturated carbocycles. The van der Waals surface area contributed by atoms with E-state index in [4.69, 9.17) is 0 Å². The second-order valence-corrected chi connectivity index (χ2v) is 10.2. The summed E-state index contributed by atoms with van der Waals surface area (Å²) in [5.74, 6) is 5.66. The largest absolute Gasteiger partial charge is 0.416 e. The third-order valence-corrected chi connectivity index (χ3v) is 7.09. The number of piperazine rings is 1. The minimum absolute atomic E-state index is 0.171. The van der Waals surface area contributed by atoms with Crippen molar-refractivity contribution in [2.45, 2.75) is 39.0 Å². The van der Waals surface area contributed by atoms with Gasteiger partial charge in [-0.15, -0.1) is 0 Å². The van der Waals surface area contributed by atoms with Crippen molar-refractivity contribution in [3.05, 3.63) is 95.0 Å². The lowest BCUT2D eigenvalue weighted by molar-refractivity contribution is -0.138. The third-order valence-electron chi connectivity index (χ3n) is 7.09. The summed E-state index contributed by atoms with van der Waals surface area (Å²) in [7, 11) is 0.